The predicted molar refractivity (Wildman–Crippen MR) is 78.9 cm³/mol. The fourth-order valence-corrected chi connectivity index (χ4v) is 2.13. The van der Waals surface area contributed by atoms with E-state index in [0.717, 1.165) is 12.1 Å². The van der Waals surface area contributed by atoms with Gasteiger partial charge in [0.25, 0.3) is 0 Å². The molecule has 0 saturated carbocycles. The summed E-state index contributed by atoms with van der Waals surface area (Å²) in [6.07, 6.45) is -4.28. The standard InChI is InChI=1S/C16H20F3NO3/c1-10(7-15(22)23)9-20-14(21)8-11(2)12-3-5-13(6-4-12)16(17,18)19/h3-6,10-11H,7-9H2,1-2H3,(H,20,21)(H,22,23). The van der Waals surface area contributed by atoms with E-state index in [0.29, 0.717) is 5.56 Å². The van der Waals surface area contributed by atoms with Gasteiger partial charge in [0, 0.05) is 19.4 Å². The van der Waals surface area contributed by atoms with Crippen LogP contribution in [-0.2, 0) is 15.8 Å². The molecule has 4 nitrogen and oxygen atoms in total. The van der Waals surface area contributed by atoms with Gasteiger partial charge in [-0.1, -0.05) is 26.0 Å². The van der Waals surface area contributed by atoms with Gasteiger partial charge in [-0.25, -0.2) is 0 Å². The van der Waals surface area contributed by atoms with E-state index in [1.54, 1.807) is 13.8 Å². The van der Waals surface area contributed by atoms with Crippen molar-refractivity contribution in [1.29, 1.82) is 0 Å². The molecule has 1 aromatic rings. The number of alkyl halides is 3. The lowest BCUT2D eigenvalue weighted by Gasteiger charge is -2.15. The third-order valence-corrected chi connectivity index (χ3v) is 3.47. The Labute approximate surface area is 132 Å². The van der Waals surface area contributed by atoms with Gasteiger partial charge in [0.05, 0.1) is 5.56 Å². The Kier molecular flexibility index (Phi) is 6.60. The van der Waals surface area contributed by atoms with E-state index in [9.17, 15) is 22.8 Å². The topological polar surface area (TPSA) is 66.4 Å². The first-order chi connectivity index (χ1) is 10.6. The summed E-state index contributed by atoms with van der Waals surface area (Å²) in [6, 6.07) is 4.74. The van der Waals surface area contributed by atoms with Crippen LogP contribution in [0.15, 0.2) is 24.3 Å². The van der Waals surface area contributed by atoms with E-state index < -0.39 is 17.7 Å². The maximum Gasteiger partial charge on any atom is 0.416 e. The monoisotopic (exact) mass is 331 g/mol. The van der Waals surface area contributed by atoms with E-state index in [4.69, 9.17) is 5.11 Å². The van der Waals surface area contributed by atoms with Gasteiger partial charge in [-0.2, -0.15) is 13.2 Å². The summed E-state index contributed by atoms with van der Waals surface area (Å²) in [7, 11) is 0. The molecule has 0 aliphatic heterocycles. The second-order valence-corrected chi connectivity index (χ2v) is 5.73. The highest BCUT2D eigenvalue weighted by Crippen LogP contribution is 2.30. The van der Waals surface area contributed by atoms with Gasteiger partial charge >= 0.3 is 12.1 Å². The molecule has 1 rings (SSSR count). The highest BCUT2D eigenvalue weighted by atomic mass is 19.4. The highest BCUT2D eigenvalue weighted by Gasteiger charge is 2.30. The average molecular weight is 331 g/mol. The molecular formula is C16H20F3NO3. The second kappa shape index (κ2) is 7.99. The van der Waals surface area contributed by atoms with Crippen molar-refractivity contribution in [2.24, 2.45) is 5.92 Å². The minimum atomic E-state index is -4.38. The van der Waals surface area contributed by atoms with E-state index in [2.05, 4.69) is 5.32 Å². The Balaban J connectivity index is 2.50. The van der Waals surface area contributed by atoms with E-state index in [-0.39, 0.29) is 37.1 Å². The first-order valence-electron chi connectivity index (χ1n) is 7.25. The van der Waals surface area contributed by atoms with Crippen LogP contribution in [0, 0.1) is 5.92 Å². The minimum Gasteiger partial charge on any atom is -0.481 e. The van der Waals surface area contributed by atoms with Gasteiger partial charge in [-0.15, -0.1) is 0 Å². The number of benzene rings is 1. The van der Waals surface area contributed by atoms with Crippen molar-refractivity contribution >= 4 is 11.9 Å². The predicted octanol–water partition coefficient (Wildman–Crippen LogP) is 3.43. The zero-order valence-electron chi connectivity index (χ0n) is 13.0. The normalized spacial score (nSPS) is 14.1. The summed E-state index contributed by atoms with van der Waals surface area (Å²) in [6.45, 7) is 3.72. The largest absolute Gasteiger partial charge is 0.481 e. The number of amides is 1. The fraction of sp³-hybridized carbons (Fsp3) is 0.500. The summed E-state index contributed by atoms with van der Waals surface area (Å²) in [5, 5.41) is 11.3. The summed E-state index contributed by atoms with van der Waals surface area (Å²) < 4.78 is 37.5. The molecule has 23 heavy (non-hydrogen) atoms. The summed E-state index contributed by atoms with van der Waals surface area (Å²) in [4.78, 5) is 22.3. The average Bonchev–Trinajstić information content (AvgIpc) is 2.43. The van der Waals surface area contributed by atoms with Crippen molar-refractivity contribution in [3.05, 3.63) is 35.4 Å². The first-order valence-corrected chi connectivity index (χ1v) is 7.25. The number of carboxylic acids is 1. The van der Waals surface area contributed by atoms with Gasteiger partial charge in [-0.05, 0) is 29.5 Å². The number of carbonyl (C=O) groups excluding carboxylic acids is 1. The van der Waals surface area contributed by atoms with Crippen molar-refractivity contribution in [2.45, 2.75) is 38.8 Å². The van der Waals surface area contributed by atoms with Gasteiger partial charge in [0.15, 0.2) is 0 Å². The van der Waals surface area contributed by atoms with Crippen LogP contribution < -0.4 is 5.32 Å². The molecule has 2 atom stereocenters. The zero-order valence-corrected chi connectivity index (χ0v) is 13.0. The third kappa shape index (κ3) is 6.71. The maximum absolute atomic E-state index is 12.5. The van der Waals surface area contributed by atoms with Crippen molar-refractivity contribution in [2.75, 3.05) is 6.54 Å². The Morgan fingerprint density at radius 2 is 1.70 bits per heavy atom. The maximum atomic E-state index is 12.5. The Morgan fingerprint density at radius 3 is 2.17 bits per heavy atom. The number of rotatable bonds is 7. The zero-order chi connectivity index (χ0) is 17.6. The van der Waals surface area contributed by atoms with Crippen LogP contribution in [-0.4, -0.2) is 23.5 Å². The molecule has 0 radical (unpaired) electrons. The molecule has 0 spiro atoms. The molecule has 0 fully saturated rings. The lowest BCUT2D eigenvalue weighted by Crippen LogP contribution is -2.29. The van der Waals surface area contributed by atoms with Crippen LogP contribution in [0.25, 0.3) is 0 Å². The van der Waals surface area contributed by atoms with Crippen molar-refractivity contribution in [1.82, 2.24) is 5.32 Å². The molecule has 0 aliphatic rings. The number of halogens is 3. The van der Waals surface area contributed by atoms with E-state index in [1.165, 1.54) is 12.1 Å². The van der Waals surface area contributed by atoms with Gasteiger partial charge in [-0.3, -0.25) is 9.59 Å². The number of nitrogens with one attached hydrogen (secondary N) is 1. The Hall–Kier alpha value is -2.05. The van der Waals surface area contributed by atoms with Gasteiger partial charge < -0.3 is 10.4 Å². The molecule has 1 aromatic carbocycles. The number of aliphatic carboxylic acids is 1. The Morgan fingerprint density at radius 1 is 1.13 bits per heavy atom. The number of carbonyl (C=O) groups is 2. The van der Waals surface area contributed by atoms with Crippen molar-refractivity contribution < 1.29 is 27.9 Å². The summed E-state index contributed by atoms with van der Waals surface area (Å²) in [5.74, 6) is -1.59. The number of carboxylic acid groups (broad SMARTS) is 1. The van der Waals surface area contributed by atoms with E-state index in [1.807, 2.05) is 0 Å². The molecule has 2 unspecified atom stereocenters. The fourth-order valence-electron chi connectivity index (χ4n) is 2.13. The molecule has 0 aromatic heterocycles. The molecule has 2 N–H and O–H groups in total. The van der Waals surface area contributed by atoms with Crippen LogP contribution in [0.2, 0.25) is 0 Å². The first kappa shape index (κ1) is 19.0. The molecule has 128 valence electrons. The smallest absolute Gasteiger partial charge is 0.416 e. The van der Waals surface area contributed by atoms with Crippen LogP contribution in [0.1, 0.15) is 43.7 Å². The molecular weight excluding hydrogens is 311 g/mol. The molecule has 0 heterocycles. The van der Waals surface area contributed by atoms with Crippen LogP contribution >= 0.6 is 0 Å². The summed E-state index contributed by atoms with van der Waals surface area (Å²) in [5.41, 5.74) is -0.0767. The number of hydrogen-bond donors (Lipinski definition) is 2. The van der Waals surface area contributed by atoms with E-state index >= 15 is 0 Å². The third-order valence-electron chi connectivity index (χ3n) is 3.47. The van der Waals surface area contributed by atoms with Crippen LogP contribution in [0.5, 0.6) is 0 Å². The lowest BCUT2D eigenvalue weighted by molar-refractivity contribution is -0.138. The second-order valence-electron chi connectivity index (χ2n) is 5.73. The number of hydrogen-bond acceptors (Lipinski definition) is 2. The molecule has 1 amide bonds. The minimum absolute atomic E-state index is 0.0330. The lowest BCUT2D eigenvalue weighted by atomic mass is 9.96. The Bertz CT molecular complexity index is 540. The van der Waals surface area contributed by atoms with Crippen molar-refractivity contribution in [3.63, 3.8) is 0 Å². The van der Waals surface area contributed by atoms with Crippen LogP contribution in [0.3, 0.4) is 0 Å². The molecule has 0 saturated heterocycles. The van der Waals surface area contributed by atoms with Gasteiger partial charge in [0.2, 0.25) is 5.91 Å². The molecule has 7 heteroatoms. The van der Waals surface area contributed by atoms with Gasteiger partial charge in [0.1, 0.15) is 0 Å². The SMILES string of the molecule is CC(CNC(=O)CC(C)c1ccc(C(F)(F)F)cc1)CC(=O)O. The molecule has 0 bridgehead atoms. The quantitative estimate of drug-likeness (QED) is 0.804. The van der Waals surface area contributed by atoms with Crippen molar-refractivity contribution in [3.8, 4) is 0 Å². The highest BCUT2D eigenvalue weighted by molar-refractivity contribution is 5.77. The van der Waals surface area contributed by atoms with Crippen LogP contribution in [0.4, 0.5) is 13.2 Å². The molecule has 0 aliphatic carbocycles. The summed E-state index contributed by atoms with van der Waals surface area (Å²) >= 11 is 0.